The molecule has 3 nitrogen and oxygen atoms in total. The molecule has 0 spiro atoms. The maximum Gasteiger partial charge on any atom is 0.303 e. The first-order valence-corrected chi connectivity index (χ1v) is 6.62. The van der Waals surface area contributed by atoms with Crippen LogP contribution in [0.15, 0.2) is 0 Å². The maximum atomic E-state index is 10.3. The van der Waals surface area contributed by atoms with Gasteiger partial charge in [-0.15, -0.1) is 0 Å². The average Bonchev–Trinajstić information content (AvgIpc) is 2.51. The first kappa shape index (κ1) is 13.5. The summed E-state index contributed by atoms with van der Waals surface area (Å²) in [6.07, 6.45) is 11.3. The molecule has 0 amide bonds. The van der Waals surface area contributed by atoms with Gasteiger partial charge in [0.15, 0.2) is 0 Å². The first-order valence-electron chi connectivity index (χ1n) is 6.62. The molecule has 0 saturated heterocycles. The quantitative estimate of drug-likeness (QED) is 0.537. The summed E-state index contributed by atoms with van der Waals surface area (Å²) >= 11 is 0. The molecule has 1 rings (SSSR count). The van der Waals surface area contributed by atoms with Gasteiger partial charge in [-0.25, -0.2) is 0 Å². The summed E-state index contributed by atoms with van der Waals surface area (Å²) in [4.78, 5) is 10.3. The standard InChI is InChI=1S/C13H24O3/c14-13(15)10-6-3-7-11-16-12-8-4-1-2-5-9-12/h12H,1-11H2,(H,14,15). The van der Waals surface area contributed by atoms with E-state index in [-0.39, 0.29) is 0 Å². The van der Waals surface area contributed by atoms with Crippen molar-refractivity contribution in [3.8, 4) is 0 Å². The number of carbonyl (C=O) groups is 1. The van der Waals surface area contributed by atoms with Gasteiger partial charge >= 0.3 is 5.97 Å². The fourth-order valence-electron chi connectivity index (χ4n) is 2.21. The molecule has 1 N–H and O–H groups in total. The second kappa shape index (κ2) is 8.57. The number of rotatable bonds is 7. The zero-order chi connectivity index (χ0) is 11.6. The average molecular weight is 228 g/mol. The Morgan fingerprint density at radius 1 is 1.06 bits per heavy atom. The minimum Gasteiger partial charge on any atom is -0.481 e. The number of carboxylic acid groups (broad SMARTS) is 1. The monoisotopic (exact) mass is 228 g/mol. The minimum atomic E-state index is -0.690. The van der Waals surface area contributed by atoms with Crippen LogP contribution in [0.4, 0.5) is 0 Å². The van der Waals surface area contributed by atoms with Crippen LogP contribution in [0.25, 0.3) is 0 Å². The highest BCUT2D eigenvalue weighted by atomic mass is 16.5. The van der Waals surface area contributed by atoms with Crippen LogP contribution in [0.2, 0.25) is 0 Å². The lowest BCUT2D eigenvalue weighted by atomic mass is 10.1. The Kier molecular flexibility index (Phi) is 7.23. The number of unbranched alkanes of at least 4 members (excludes halogenated alkanes) is 2. The third kappa shape index (κ3) is 6.83. The van der Waals surface area contributed by atoms with Gasteiger partial charge in [0.05, 0.1) is 6.10 Å². The van der Waals surface area contributed by atoms with Crippen molar-refractivity contribution in [3.05, 3.63) is 0 Å². The van der Waals surface area contributed by atoms with Gasteiger partial charge in [-0.2, -0.15) is 0 Å². The van der Waals surface area contributed by atoms with E-state index < -0.39 is 5.97 Å². The number of carboxylic acids is 1. The molecule has 0 bridgehead atoms. The third-order valence-electron chi connectivity index (χ3n) is 3.19. The molecule has 0 aromatic heterocycles. The fraction of sp³-hybridized carbons (Fsp3) is 0.923. The topological polar surface area (TPSA) is 46.5 Å². The summed E-state index contributed by atoms with van der Waals surface area (Å²) in [5, 5.41) is 8.47. The van der Waals surface area contributed by atoms with Crippen molar-refractivity contribution >= 4 is 5.97 Å². The molecule has 0 unspecified atom stereocenters. The van der Waals surface area contributed by atoms with Crippen LogP contribution in [0, 0.1) is 0 Å². The lowest BCUT2D eigenvalue weighted by Gasteiger charge is -2.14. The van der Waals surface area contributed by atoms with Crippen molar-refractivity contribution in [1.29, 1.82) is 0 Å². The van der Waals surface area contributed by atoms with Gasteiger partial charge in [0.25, 0.3) is 0 Å². The Labute approximate surface area is 98.2 Å². The molecule has 1 aliphatic rings. The van der Waals surface area contributed by atoms with Crippen LogP contribution in [-0.4, -0.2) is 23.8 Å². The predicted molar refractivity (Wildman–Crippen MR) is 63.5 cm³/mol. The van der Waals surface area contributed by atoms with Gasteiger partial charge in [-0.05, 0) is 25.7 Å². The molecule has 1 aliphatic carbocycles. The van der Waals surface area contributed by atoms with Crippen molar-refractivity contribution in [1.82, 2.24) is 0 Å². The smallest absolute Gasteiger partial charge is 0.303 e. The van der Waals surface area contributed by atoms with Crippen LogP contribution in [0.5, 0.6) is 0 Å². The number of ether oxygens (including phenoxy) is 1. The van der Waals surface area contributed by atoms with Gasteiger partial charge in [0, 0.05) is 13.0 Å². The van der Waals surface area contributed by atoms with Crippen LogP contribution >= 0.6 is 0 Å². The van der Waals surface area contributed by atoms with E-state index in [1.54, 1.807) is 0 Å². The van der Waals surface area contributed by atoms with Crippen molar-refractivity contribution in [2.24, 2.45) is 0 Å². The molecule has 0 aliphatic heterocycles. The Bertz CT molecular complexity index is 184. The lowest BCUT2D eigenvalue weighted by molar-refractivity contribution is -0.137. The molecule has 0 aromatic carbocycles. The largest absolute Gasteiger partial charge is 0.481 e. The van der Waals surface area contributed by atoms with Crippen molar-refractivity contribution in [2.75, 3.05) is 6.61 Å². The summed E-state index contributed by atoms with van der Waals surface area (Å²) in [5.41, 5.74) is 0. The van der Waals surface area contributed by atoms with E-state index in [2.05, 4.69) is 0 Å². The molecule has 0 aromatic rings. The molecular weight excluding hydrogens is 204 g/mol. The maximum absolute atomic E-state index is 10.3. The molecule has 3 heteroatoms. The van der Waals surface area contributed by atoms with Crippen molar-refractivity contribution < 1.29 is 14.6 Å². The first-order chi connectivity index (χ1) is 7.79. The van der Waals surface area contributed by atoms with Crippen LogP contribution in [0.3, 0.4) is 0 Å². The summed E-state index contributed by atoms with van der Waals surface area (Å²) in [6, 6.07) is 0. The van der Waals surface area contributed by atoms with E-state index in [9.17, 15) is 4.79 Å². The van der Waals surface area contributed by atoms with Gasteiger partial charge in [0.1, 0.15) is 0 Å². The zero-order valence-corrected chi connectivity index (χ0v) is 10.1. The fourth-order valence-corrected chi connectivity index (χ4v) is 2.21. The Balaban J connectivity index is 1.91. The normalized spacial score (nSPS) is 18.2. The highest BCUT2D eigenvalue weighted by Gasteiger charge is 2.11. The van der Waals surface area contributed by atoms with Crippen molar-refractivity contribution in [2.45, 2.75) is 70.3 Å². The molecule has 94 valence electrons. The number of hydrogen-bond donors (Lipinski definition) is 1. The zero-order valence-electron chi connectivity index (χ0n) is 10.1. The second-order valence-electron chi connectivity index (χ2n) is 4.69. The van der Waals surface area contributed by atoms with Gasteiger partial charge in [-0.3, -0.25) is 4.79 Å². The predicted octanol–water partition coefficient (Wildman–Crippen LogP) is 3.37. The van der Waals surface area contributed by atoms with E-state index in [4.69, 9.17) is 9.84 Å². The van der Waals surface area contributed by atoms with Crippen LogP contribution < -0.4 is 0 Å². The highest BCUT2D eigenvalue weighted by Crippen LogP contribution is 2.20. The van der Waals surface area contributed by atoms with Crippen molar-refractivity contribution in [3.63, 3.8) is 0 Å². The molecule has 0 radical (unpaired) electrons. The molecule has 1 saturated carbocycles. The van der Waals surface area contributed by atoms with Gasteiger partial charge in [-0.1, -0.05) is 32.1 Å². The van der Waals surface area contributed by atoms with Crippen LogP contribution in [0.1, 0.15) is 64.2 Å². The molecule has 16 heavy (non-hydrogen) atoms. The van der Waals surface area contributed by atoms with E-state index in [1.807, 2.05) is 0 Å². The van der Waals surface area contributed by atoms with E-state index in [1.165, 1.54) is 38.5 Å². The number of aliphatic carboxylic acids is 1. The molecule has 0 atom stereocenters. The lowest BCUT2D eigenvalue weighted by Crippen LogP contribution is -2.12. The van der Waals surface area contributed by atoms with E-state index in [0.29, 0.717) is 12.5 Å². The SMILES string of the molecule is O=C(O)CCCCCOC1CCCCCC1. The molecule has 1 fully saturated rings. The Morgan fingerprint density at radius 3 is 2.38 bits per heavy atom. The van der Waals surface area contributed by atoms with E-state index >= 15 is 0 Å². The Morgan fingerprint density at radius 2 is 1.75 bits per heavy atom. The van der Waals surface area contributed by atoms with Crippen LogP contribution in [-0.2, 0) is 9.53 Å². The second-order valence-corrected chi connectivity index (χ2v) is 4.69. The minimum absolute atomic E-state index is 0.295. The van der Waals surface area contributed by atoms with Gasteiger partial charge < -0.3 is 9.84 Å². The summed E-state index contributed by atoms with van der Waals surface area (Å²) < 4.78 is 5.82. The third-order valence-corrected chi connectivity index (χ3v) is 3.19. The molecule has 0 heterocycles. The Hall–Kier alpha value is -0.570. The summed E-state index contributed by atoms with van der Waals surface area (Å²) in [5.74, 6) is -0.690. The number of hydrogen-bond acceptors (Lipinski definition) is 2. The molecular formula is C13H24O3. The summed E-state index contributed by atoms with van der Waals surface area (Å²) in [6.45, 7) is 0.810. The summed E-state index contributed by atoms with van der Waals surface area (Å²) in [7, 11) is 0. The highest BCUT2D eigenvalue weighted by molar-refractivity contribution is 5.66. The van der Waals surface area contributed by atoms with E-state index in [0.717, 1.165) is 25.9 Å². The van der Waals surface area contributed by atoms with Gasteiger partial charge in [0.2, 0.25) is 0 Å².